The van der Waals surface area contributed by atoms with Crippen LogP contribution in [0.25, 0.3) is 0 Å². The zero-order valence-electron chi connectivity index (χ0n) is 27.5. The second kappa shape index (κ2) is 18.4. The predicted octanol–water partition coefficient (Wildman–Crippen LogP) is 6.43. The Balaban J connectivity index is 0.00000230. The van der Waals surface area contributed by atoms with Crippen LogP contribution >= 0.6 is 0 Å². The van der Waals surface area contributed by atoms with E-state index in [4.69, 9.17) is 0 Å². The van der Waals surface area contributed by atoms with Gasteiger partial charge in [-0.3, -0.25) is 0 Å². The molecule has 0 spiro atoms. The fourth-order valence-electron chi connectivity index (χ4n) is 8.53. The summed E-state index contributed by atoms with van der Waals surface area (Å²) in [5, 5.41) is 0. The number of benzene rings is 2. The molecular formula is C42H54Cl2Zr. The minimum absolute atomic E-state index is 0. The molecule has 2 aromatic carbocycles. The van der Waals surface area contributed by atoms with Crippen molar-refractivity contribution in [2.45, 2.75) is 135 Å². The summed E-state index contributed by atoms with van der Waals surface area (Å²) in [7, 11) is 0. The average Bonchev–Trinajstić information content (AvgIpc) is 3.56. The molecule has 6 rings (SSSR count). The van der Waals surface area contributed by atoms with E-state index in [1.54, 1.807) is 22.3 Å². The van der Waals surface area contributed by atoms with E-state index in [-0.39, 0.29) is 31.1 Å². The molecule has 0 amide bonds. The van der Waals surface area contributed by atoms with E-state index in [0.29, 0.717) is 0 Å². The van der Waals surface area contributed by atoms with Crippen LogP contribution in [0.3, 0.4) is 0 Å². The molecule has 2 atom stereocenters. The molecule has 4 aliphatic rings. The van der Waals surface area contributed by atoms with Gasteiger partial charge < -0.3 is 24.8 Å². The molecule has 240 valence electrons. The maximum Gasteiger partial charge on any atom is -1.00 e. The van der Waals surface area contributed by atoms with Crippen molar-refractivity contribution in [2.24, 2.45) is 0 Å². The second-order valence-corrected chi connectivity index (χ2v) is 18.3. The van der Waals surface area contributed by atoms with Crippen molar-refractivity contribution in [3.8, 4) is 0 Å². The van der Waals surface area contributed by atoms with Crippen molar-refractivity contribution in [3.63, 3.8) is 0 Å². The summed E-state index contributed by atoms with van der Waals surface area (Å²) >= 11 is -1.22. The average molecular weight is 721 g/mol. The maximum atomic E-state index is 2.76. The van der Waals surface area contributed by atoms with Gasteiger partial charge in [-0.1, -0.05) is 0 Å². The standard InChI is InChI=1S/2C21H27.2ClH.Zr/c2*1-2-4-6-11-15-20-19(14-8-5-3-1)16-17-21(20)18-12-9-7-10-13-18;;;/h2*7,9-10,12-13,16-17H,1-6,8,11,14-15H2;2*1H;/q;;;;+2/p-2. The second-order valence-electron chi connectivity index (χ2n) is 13.8. The molecule has 0 fully saturated rings. The van der Waals surface area contributed by atoms with Crippen LogP contribution < -0.4 is 24.8 Å². The van der Waals surface area contributed by atoms with E-state index >= 15 is 0 Å². The first-order valence-corrected chi connectivity index (χ1v) is 20.5. The predicted molar refractivity (Wildman–Crippen MR) is 181 cm³/mol. The van der Waals surface area contributed by atoms with Gasteiger partial charge >= 0.3 is 276 Å². The topological polar surface area (TPSA) is 0 Å². The Morgan fingerprint density at radius 2 is 0.689 bits per heavy atom. The van der Waals surface area contributed by atoms with Crippen molar-refractivity contribution >= 4 is 0 Å². The summed E-state index contributed by atoms with van der Waals surface area (Å²) in [4.78, 5) is 0. The third-order valence-electron chi connectivity index (χ3n) is 10.9. The number of halogens is 2. The Labute approximate surface area is 299 Å². The molecule has 0 aromatic heterocycles. The largest absolute Gasteiger partial charge is 1.00 e. The first-order valence-electron chi connectivity index (χ1n) is 18.1. The maximum absolute atomic E-state index is 2.76. The first kappa shape index (κ1) is 36.7. The van der Waals surface area contributed by atoms with Gasteiger partial charge in [0, 0.05) is 0 Å². The van der Waals surface area contributed by atoms with Crippen molar-refractivity contribution in [1.82, 2.24) is 0 Å². The number of rotatable bonds is 4. The van der Waals surface area contributed by atoms with Gasteiger partial charge in [-0.05, 0) is 0 Å². The molecule has 0 bridgehead atoms. The van der Waals surface area contributed by atoms with E-state index in [9.17, 15) is 0 Å². The molecule has 0 nitrogen and oxygen atoms in total. The minimum atomic E-state index is -1.22. The molecule has 3 heteroatoms. The summed E-state index contributed by atoms with van der Waals surface area (Å²) in [6, 6.07) is 23.7. The SMILES string of the molecule is C1=C[C]([Zr+2][C]2(c3ccccc3)C=CC3=C2CCCCCCCCCC3)(c2ccccc2)C2=C1CCCCCCCCCC2.[Cl-].[Cl-]. The summed E-state index contributed by atoms with van der Waals surface area (Å²) in [6.45, 7) is 0. The summed E-state index contributed by atoms with van der Waals surface area (Å²) in [5.41, 5.74) is 10.3. The van der Waals surface area contributed by atoms with Crippen LogP contribution in [0.4, 0.5) is 0 Å². The van der Waals surface area contributed by atoms with E-state index in [1.807, 2.05) is 11.1 Å². The number of hydrogen-bond acceptors (Lipinski definition) is 0. The fourth-order valence-corrected chi connectivity index (χ4v) is 14.6. The van der Waals surface area contributed by atoms with E-state index in [1.165, 1.54) is 128 Å². The molecule has 45 heavy (non-hydrogen) atoms. The van der Waals surface area contributed by atoms with Crippen LogP contribution in [0.2, 0.25) is 0 Å². The first-order chi connectivity index (χ1) is 21.3. The fraction of sp³-hybridized carbons (Fsp3) is 0.524. The van der Waals surface area contributed by atoms with Crippen molar-refractivity contribution in [3.05, 3.63) is 118 Å². The van der Waals surface area contributed by atoms with Gasteiger partial charge in [-0.15, -0.1) is 0 Å². The van der Waals surface area contributed by atoms with Crippen LogP contribution in [0.1, 0.15) is 140 Å². The zero-order valence-corrected chi connectivity index (χ0v) is 31.5. The Hall–Kier alpha value is -1.14. The molecule has 2 unspecified atom stereocenters. The molecular weight excluding hydrogens is 667 g/mol. The van der Waals surface area contributed by atoms with E-state index < -0.39 is 23.2 Å². The molecule has 0 N–H and O–H groups in total. The van der Waals surface area contributed by atoms with Gasteiger partial charge in [0.15, 0.2) is 0 Å². The third kappa shape index (κ3) is 8.67. The monoisotopic (exact) mass is 718 g/mol. The molecule has 0 saturated carbocycles. The van der Waals surface area contributed by atoms with Crippen LogP contribution in [0.5, 0.6) is 0 Å². The van der Waals surface area contributed by atoms with Crippen LogP contribution in [-0.2, 0) is 29.5 Å². The normalized spacial score (nSPS) is 26.5. The van der Waals surface area contributed by atoms with Crippen molar-refractivity contribution in [1.29, 1.82) is 0 Å². The molecule has 0 heterocycles. The number of hydrogen-bond donors (Lipinski definition) is 0. The zero-order chi connectivity index (χ0) is 29.2. The van der Waals surface area contributed by atoms with Crippen molar-refractivity contribution < 1.29 is 48.0 Å². The molecule has 0 saturated heterocycles. The van der Waals surface area contributed by atoms with E-state index in [0.717, 1.165) is 0 Å². The molecule has 0 aliphatic heterocycles. The summed E-state index contributed by atoms with van der Waals surface area (Å²) < 4.78 is 0.243. The third-order valence-corrected chi connectivity index (χ3v) is 16.6. The van der Waals surface area contributed by atoms with Crippen LogP contribution in [-0.4, -0.2) is 0 Å². The smallest absolute Gasteiger partial charge is 1.00 e. The van der Waals surface area contributed by atoms with Crippen LogP contribution in [0, 0.1) is 0 Å². The van der Waals surface area contributed by atoms with Gasteiger partial charge in [0.1, 0.15) is 0 Å². The molecule has 4 aliphatic carbocycles. The summed E-state index contributed by atoms with van der Waals surface area (Å²) in [6.07, 6.45) is 38.4. The molecule has 0 radical (unpaired) electrons. The molecule has 2 aromatic rings. The number of allylic oxidation sites excluding steroid dienone is 8. The van der Waals surface area contributed by atoms with Gasteiger partial charge in [0.2, 0.25) is 0 Å². The van der Waals surface area contributed by atoms with Gasteiger partial charge in [-0.2, -0.15) is 0 Å². The quantitative estimate of drug-likeness (QED) is 0.342. The minimum Gasteiger partial charge on any atom is -1.00 e. The van der Waals surface area contributed by atoms with E-state index in [2.05, 4.69) is 85.0 Å². The van der Waals surface area contributed by atoms with Gasteiger partial charge in [0.25, 0.3) is 0 Å². The summed E-state index contributed by atoms with van der Waals surface area (Å²) in [5.74, 6) is 0. The Kier molecular flexibility index (Phi) is 15.0. The van der Waals surface area contributed by atoms with Gasteiger partial charge in [-0.25, -0.2) is 0 Å². The van der Waals surface area contributed by atoms with Gasteiger partial charge in [0.05, 0.1) is 0 Å². The van der Waals surface area contributed by atoms with Crippen LogP contribution in [0.15, 0.2) is 107 Å². The Morgan fingerprint density at radius 1 is 0.378 bits per heavy atom. The Morgan fingerprint density at radius 3 is 1.04 bits per heavy atom. The Bertz CT molecular complexity index is 1210. The van der Waals surface area contributed by atoms with Crippen molar-refractivity contribution in [2.75, 3.05) is 0 Å².